The molecule has 8 nitrogen and oxygen atoms in total. The summed E-state index contributed by atoms with van der Waals surface area (Å²) in [6.07, 6.45) is -1.72. The van der Waals surface area contributed by atoms with Gasteiger partial charge in [0, 0.05) is 38.5 Å². The number of hydrogen-bond acceptors (Lipinski definition) is 7. The van der Waals surface area contributed by atoms with E-state index in [0.717, 1.165) is 44.5 Å². The smallest absolute Gasteiger partial charge is 0.408 e. The number of nitrogens with zero attached hydrogens (tertiary/aromatic N) is 6. The Hall–Kier alpha value is -3.18. The number of rotatable bonds is 4. The molecule has 2 aromatic heterocycles. The average molecular weight is 465 g/mol. The number of fused-ring (bicyclic) bond motifs is 1. The first-order valence-corrected chi connectivity index (χ1v) is 10.9. The van der Waals surface area contributed by atoms with Gasteiger partial charge in [0.05, 0.1) is 5.56 Å². The number of alkyl halides is 3. The van der Waals surface area contributed by atoms with Crippen LogP contribution >= 0.6 is 0 Å². The second-order valence-electron chi connectivity index (χ2n) is 8.46. The Bertz CT molecular complexity index is 1130. The number of hydrogen-bond donors (Lipinski definition) is 1. The summed E-state index contributed by atoms with van der Waals surface area (Å²) in [6.45, 7) is 3.87. The van der Waals surface area contributed by atoms with Gasteiger partial charge in [-0.05, 0) is 43.4 Å². The first-order valence-electron chi connectivity index (χ1n) is 10.9. The zero-order chi connectivity index (χ0) is 23.2. The van der Waals surface area contributed by atoms with Gasteiger partial charge in [-0.15, -0.1) is 10.2 Å². The highest BCUT2D eigenvalue weighted by molar-refractivity contribution is 5.36. The van der Waals surface area contributed by atoms with Crippen molar-refractivity contribution in [3.63, 3.8) is 0 Å². The van der Waals surface area contributed by atoms with Crippen molar-refractivity contribution in [2.75, 3.05) is 23.3 Å². The van der Waals surface area contributed by atoms with Crippen LogP contribution in [0.4, 0.5) is 29.5 Å². The maximum Gasteiger partial charge on any atom is 0.419 e. The van der Waals surface area contributed by atoms with Crippen molar-refractivity contribution in [3.8, 4) is 0 Å². The maximum absolute atomic E-state index is 13.8. The normalized spacial score (nSPS) is 19.5. The molecule has 33 heavy (non-hydrogen) atoms. The highest BCUT2D eigenvalue weighted by atomic mass is 19.4. The standard InChI is InChI=1S/C21H23F4N7O/c1-12-28-29-20(33-12)31-9-6-14(7-10-31)26-19-27-18-15(3-2-8-32(18)30-19)13-4-5-17(22)16(11-13)21(23,24)25/h4-5,11,14-15H,2-3,6-10H2,1H3,(H,26,30). The fourth-order valence-corrected chi connectivity index (χ4v) is 4.52. The Balaban J connectivity index is 1.30. The van der Waals surface area contributed by atoms with Crippen LogP contribution in [0.5, 0.6) is 0 Å². The zero-order valence-electron chi connectivity index (χ0n) is 17.9. The molecule has 12 heteroatoms. The van der Waals surface area contributed by atoms with E-state index < -0.39 is 17.6 Å². The quantitative estimate of drug-likeness (QED) is 0.580. The number of benzene rings is 1. The summed E-state index contributed by atoms with van der Waals surface area (Å²) in [4.78, 5) is 6.64. The van der Waals surface area contributed by atoms with Gasteiger partial charge in [-0.25, -0.2) is 9.07 Å². The Morgan fingerprint density at radius 1 is 1.09 bits per heavy atom. The van der Waals surface area contributed by atoms with Gasteiger partial charge in [0.1, 0.15) is 11.6 Å². The fraction of sp³-hybridized carbons (Fsp3) is 0.524. The van der Waals surface area contributed by atoms with E-state index in [4.69, 9.17) is 4.42 Å². The third kappa shape index (κ3) is 4.38. The SMILES string of the molecule is Cc1nnc(N2CCC(Nc3nc4n(n3)CCCC4c3ccc(F)c(C(F)(F)F)c3)CC2)o1. The summed E-state index contributed by atoms with van der Waals surface area (Å²) in [5.41, 5.74) is -0.857. The molecule has 2 aliphatic rings. The molecule has 4 heterocycles. The number of aromatic nitrogens is 5. The second-order valence-corrected chi connectivity index (χ2v) is 8.46. The van der Waals surface area contributed by atoms with E-state index >= 15 is 0 Å². The molecule has 3 aromatic rings. The van der Waals surface area contributed by atoms with E-state index in [1.54, 1.807) is 11.6 Å². The third-order valence-electron chi connectivity index (χ3n) is 6.19. The van der Waals surface area contributed by atoms with E-state index in [0.29, 0.717) is 42.2 Å². The number of aryl methyl sites for hydroxylation is 2. The molecule has 1 N–H and O–H groups in total. The highest BCUT2D eigenvalue weighted by Gasteiger charge is 2.36. The third-order valence-corrected chi connectivity index (χ3v) is 6.19. The van der Waals surface area contributed by atoms with Gasteiger partial charge in [-0.1, -0.05) is 11.2 Å². The molecule has 0 saturated carbocycles. The lowest BCUT2D eigenvalue weighted by molar-refractivity contribution is -0.140. The minimum absolute atomic E-state index is 0.149. The van der Waals surface area contributed by atoms with Crippen LogP contribution in [0.2, 0.25) is 0 Å². The van der Waals surface area contributed by atoms with E-state index in [1.165, 1.54) is 6.07 Å². The Morgan fingerprint density at radius 2 is 1.88 bits per heavy atom. The van der Waals surface area contributed by atoms with Crippen LogP contribution in [0.25, 0.3) is 0 Å². The Labute approximate surface area is 187 Å². The van der Waals surface area contributed by atoms with Crippen LogP contribution in [0.1, 0.15) is 54.4 Å². The van der Waals surface area contributed by atoms with Crippen LogP contribution < -0.4 is 10.2 Å². The van der Waals surface area contributed by atoms with Crippen molar-refractivity contribution in [1.29, 1.82) is 0 Å². The summed E-state index contributed by atoms with van der Waals surface area (Å²) in [5, 5.41) is 15.8. The van der Waals surface area contributed by atoms with Crippen LogP contribution in [-0.2, 0) is 12.7 Å². The molecule has 0 aliphatic carbocycles. The molecule has 1 aromatic carbocycles. The van der Waals surface area contributed by atoms with Crippen LogP contribution in [-0.4, -0.2) is 44.1 Å². The highest BCUT2D eigenvalue weighted by Crippen LogP contribution is 2.37. The van der Waals surface area contributed by atoms with Crippen molar-refractivity contribution in [2.45, 2.75) is 57.3 Å². The lowest BCUT2D eigenvalue weighted by atomic mass is 9.90. The largest absolute Gasteiger partial charge is 0.419 e. The van der Waals surface area contributed by atoms with Gasteiger partial charge in [0.2, 0.25) is 11.8 Å². The molecule has 1 saturated heterocycles. The molecule has 2 aliphatic heterocycles. The fourth-order valence-electron chi connectivity index (χ4n) is 4.52. The van der Waals surface area contributed by atoms with Crippen LogP contribution in [0.3, 0.4) is 0 Å². The molecule has 1 atom stereocenters. The van der Waals surface area contributed by atoms with E-state index in [2.05, 4.69) is 25.6 Å². The zero-order valence-corrected chi connectivity index (χ0v) is 17.9. The first-order chi connectivity index (χ1) is 15.8. The van der Waals surface area contributed by atoms with E-state index in [-0.39, 0.29) is 12.0 Å². The van der Waals surface area contributed by atoms with E-state index in [1.807, 2.05) is 4.90 Å². The van der Waals surface area contributed by atoms with Crippen molar-refractivity contribution in [1.82, 2.24) is 25.0 Å². The number of halogens is 4. The molecule has 0 bridgehead atoms. The molecular formula is C21H23F4N7O. The van der Waals surface area contributed by atoms with Gasteiger partial charge in [-0.3, -0.25) is 0 Å². The molecule has 0 amide bonds. The summed E-state index contributed by atoms with van der Waals surface area (Å²) in [5.74, 6) is -0.0560. The average Bonchev–Trinajstić information content (AvgIpc) is 3.39. The maximum atomic E-state index is 13.8. The molecular weight excluding hydrogens is 442 g/mol. The number of anilines is 2. The number of nitrogens with one attached hydrogen (secondary N) is 1. The molecule has 5 rings (SSSR count). The molecule has 1 unspecified atom stereocenters. The predicted octanol–water partition coefficient (Wildman–Crippen LogP) is 4.13. The Kier molecular flexibility index (Phi) is 5.45. The lowest BCUT2D eigenvalue weighted by Crippen LogP contribution is -2.39. The molecule has 0 spiro atoms. The number of piperidine rings is 1. The lowest BCUT2D eigenvalue weighted by Gasteiger charge is -2.30. The van der Waals surface area contributed by atoms with Gasteiger partial charge in [0.15, 0.2) is 0 Å². The topological polar surface area (TPSA) is 84.9 Å². The molecule has 1 fully saturated rings. The van der Waals surface area contributed by atoms with Crippen molar-refractivity contribution >= 4 is 12.0 Å². The summed E-state index contributed by atoms with van der Waals surface area (Å²) >= 11 is 0. The Morgan fingerprint density at radius 3 is 2.58 bits per heavy atom. The minimum atomic E-state index is -4.75. The van der Waals surface area contributed by atoms with E-state index in [9.17, 15) is 17.6 Å². The minimum Gasteiger partial charge on any atom is -0.408 e. The van der Waals surface area contributed by atoms with Gasteiger partial charge >= 0.3 is 12.2 Å². The van der Waals surface area contributed by atoms with Gasteiger partial charge < -0.3 is 14.6 Å². The van der Waals surface area contributed by atoms with Gasteiger partial charge in [-0.2, -0.15) is 18.2 Å². The second kappa shape index (κ2) is 8.31. The summed E-state index contributed by atoms with van der Waals surface area (Å²) in [7, 11) is 0. The van der Waals surface area contributed by atoms with Crippen molar-refractivity contribution in [2.24, 2.45) is 0 Å². The van der Waals surface area contributed by atoms with Crippen LogP contribution in [0, 0.1) is 12.7 Å². The summed E-state index contributed by atoms with van der Waals surface area (Å²) in [6, 6.07) is 3.84. The monoisotopic (exact) mass is 465 g/mol. The molecule has 176 valence electrons. The van der Waals surface area contributed by atoms with Gasteiger partial charge in [0.25, 0.3) is 0 Å². The van der Waals surface area contributed by atoms with Crippen LogP contribution in [0.15, 0.2) is 22.6 Å². The predicted molar refractivity (Wildman–Crippen MR) is 110 cm³/mol. The van der Waals surface area contributed by atoms with Crippen molar-refractivity contribution < 1.29 is 22.0 Å². The van der Waals surface area contributed by atoms with Crippen molar-refractivity contribution in [3.05, 3.63) is 46.9 Å². The first kappa shape index (κ1) is 21.7. The summed E-state index contributed by atoms with van der Waals surface area (Å²) < 4.78 is 60.6. The molecule has 0 radical (unpaired) electrons.